The number of nitrogens with zero attached hydrogens (tertiary/aromatic N) is 2. The van der Waals surface area contributed by atoms with E-state index in [1.54, 1.807) is 11.9 Å². The Hall–Kier alpha value is -2.21. The van der Waals surface area contributed by atoms with E-state index in [0.29, 0.717) is 5.92 Å². The van der Waals surface area contributed by atoms with E-state index >= 15 is 0 Å². The van der Waals surface area contributed by atoms with Crippen molar-refractivity contribution in [2.75, 3.05) is 19.0 Å². The number of carbonyl (C=O) groups is 3. The van der Waals surface area contributed by atoms with Gasteiger partial charge < -0.3 is 4.90 Å². The summed E-state index contributed by atoms with van der Waals surface area (Å²) in [4.78, 5) is 41.8. The van der Waals surface area contributed by atoms with Crippen LogP contribution in [0.3, 0.4) is 0 Å². The van der Waals surface area contributed by atoms with Crippen molar-refractivity contribution in [1.82, 2.24) is 10.2 Å². The number of nitrogens with one attached hydrogen (secondary N) is 1. The van der Waals surface area contributed by atoms with Gasteiger partial charge in [0.25, 0.3) is 5.91 Å². The van der Waals surface area contributed by atoms with Crippen molar-refractivity contribution in [2.45, 2.75) is 31.8 Å². The van der Waals surface area contributed by atoms with E-state index < -0.39 is 17.4 Å². The standard InChI is InChI=1S/C19H23N3O3/c1-10(2)9-12-14-15(17(24)22(4)16(14)23)19(20-12)11-7-5-6-8-13(11)21(3)18(19)25/h5-8,10,12,14-15,20H,9H2,1-4H3/t12-,14-,15+,19+/m1/s1. The van der Waals surface area contributed by atoms with E-state index in [2.05, 4.69) is 19.2 Å². The summed E-state index contributed by atoms with van der Waals surface area (Å²) in [5.74, 6) is -1.38. The number of para-hydroxylation sites is 1. The molecule has 1 aromatic carbocycles. The fourth-order valence-corrected chi connectivity index (χ4v) is 4.91. The Morgan fingerprint density at radius 2 is 1.76 bits per heavy atom. The minimum Gasteiger partial charge on any atom is -0.313 e. The minimum atomic E-state index is -1.13. The van der Waals surface area contributed by atoms with Crippen molar-refractivity contribution < 1.29 is 14.4 Å². The molecule has 4 rings (SSSR count). The summed E-state index contributed by atoms with van der Waals surface area (Å²) < 4.78 is 0. The summed E-state index contributed by atoms with van der Waals surface area (Å²) in [5, 5.41) is 3.46. The van der Waals surface area contributed by atoms with Gasteiger partial charge in [-0.25, -0.2) is 0 Å². The average molecular weight is 341 g/mol. The number of likely N-dealkylation sites (N-methyl/N-ethyl adjacent to an activating group) is 1. The number of anilines is 1. The van der Waals surface area contributed by atoms with Crippen molar-refractivity contribution >= 4 is 23.4 Å². The van der Waals surface area contributed by atoms with Gasteiger partial charge in [0.2, 0.25) is 11.8 Å². The third-order valence-corrected chi connectivity index (χ3v) is 5.94. The first-order valence-corrected chi connectivity index (χ1v) is 8.77. The molecule has 1 N–H and O–H groups in total. The Kier molecular flexibility index (Phi) is 3.35. The first-order valence-electron chi connectivity index (χ1n) is 8.77. The average Bonchev–Trinajstić information content (AvgIpc) is 3.10. The normalized spacial score (nSPS) is 33.8. The molecule has 1 aromatic rings. The molecule has 3 heterocycles. The summed E-state index contributed by atoms with van der Waals surface area (Å²) in [6.45, 7) is 4.17. The van der Waals surface area contributed by atoms with Crippen LogP contribution < -0.4 is 10.2 Å². The zero-order valence-electron chi connectivity index (χ0n) is 14.9. The molecule has 0 saturated carbocycles. The zero-order chi connectivity index (χ0) is 18.1. The molecule has 132 valence electrons. The van der Waals surface area contributed by atoms with Crippen molar-refractivity contribution in [3.8, 4) is 0 Å². The third-order valence-electron chi connectivity index (χ3n) is 5.94. The zero-order valence-corrected chi connectivity index (χ0v) is 14.9. The van der Waals surface area contributed by atoms with Crippen LogP contribution in [0.25, 0.3) is 0 Å². The molecule has 4 atom stereocenters. The molecular formula is C19H23N3O3. The van der Waals surface area contributed by atoms with Crippen LogP contribution in [-0.4, -0.2) is 42.8 Å². The lowest BCUT2D eigenvalue weighted by atomic mass is 9.76. The lowest BCUT2D eigenvalue weighted by Crippen LogP contribution is -2.54. The van der Waals surface area contributed by atoms with Crippen molar-refractivity contribution in [1.29, 1.82) is 0 Å². The van der Waals surface area contributed by atoms with Gasteiger partial charge in [-0.2, -0.15) is 0 Å². The van der Waals surface area contributed by atoms with Crippen LogP contribution in [-0.2, 0) is 19.9 Å². The molecule has 0 bridgehead atoms. The van der Waals surface area contributed by atoms with Crippen molar-refractivity contribution in [3.63, 3.8) is 0 Å². The number of hydrogen-bond acceptors (Lipinski definition) is 4. The summed E-state index contributed by atoms with van der Waals surface area (Å²) in [6, 6.07) is 7.36. The van der Waals surface area contributed by atoms with Gasteiger partial charge in [0.15, 0.2) is 0 Å². The van der Waals surface area contributed by atoms with Gasteiger partial charge in [-0.3, -0.25) is 24.6 Å². The van der Waals surface area contributed by atoms with Crippen LogP contribution in [0.15, 0.2) is 24.3 Å². The van der Waals surface area contributed by atoms with E-state index in [9.17, 15) is 14.4 Å². The highest BCUT2D eigenvalue weighted by atomic mass is 16.2. The van der Waals surface area contributed by atoms with Crippen molar-refractivity contribution in [2.24, 2.45) is 17.8 Å². The van der Waals surface area contributed by atoms with Crippen LogP contribution >= 0.6 is 0 Å². The smallest absolute Gasteiger partial charge is 0.252 e. The largest absolute Gasteiger partial charge is 0.313 e. The van der Waals surface area contributed by atoms with Gasteiger partial charge in [0, 0.05) is 31.4 Å². The minimum absolute atomic E-state index is 0.147. The van der Waals surface area contributed by atoms with Gasteiger partial charge in [0.05, 0.1) is 11.8 Å². The molecule has 3 amide bonds. The maximum atomic E-state index is 13.3. The molecular weight excluding hydrogens is 318 g/mol. The third kappa shape index (κ3) is 1.86. The van der Waals surface area contributed by atoms with Crippen LogP contribution in [0.2, 0.25) is 0 Å². The van der Waals surface area contributed by atoms with E-state index in [1.807, 2.05) is 24.3 Å². The van der Waals surface area contributed by atoms with Crippen molar-refractivity contribution in [3.05, 3.63) is 29.8 Å². The second-order valence-electron chi connectivity index (χ2n) is 7.81. The van der Waals surface area contributed by atoms with Gasteiger partial charge in [-0.05, 0) is 18.4 Å². The predicted molar refractivity (Wildman–Crippen MR) is 92.7 cm³/mol. The maximum Gasteiger partial charge on any atom is 0.252 e. The lowest BCUT2D eigenvalue weighted by molar-refractivity contribution is -0.141. The predicted octanol–water partition coefficient (Wildman–Crippen LogP) is 1.11. The molecule has 2 fully saturated rings. The summed E-state index contributed by atoms with van der Waals surface area (Å²) >= 11 is 0. The fourth-order valence-electron chi connectivity index (χ4n) is 4.91. The topological polar surface area (TPSA) is 69.7 Å². The molecule has 0 aromatic heterocycles. The quantitative estimate of drug-likeness (QED) is 0.818. The van der Waals surface area contributed by atoms with E-state index in [-0.39, 0.29) is 23.8 Å². The highest BCUT2D eigenvalue weighted by Gasteiger charge is 2.70. The van der Waals surface area contributed by atoms with Gasteiger partial charge in [-0.15, -0.1) is 0 Å². The molecule has 3 aliphatic heterocycles. The molecule has 25 heavy (non-hydrogen) atoms. The lowest BCUT2D eigenvalue weighted by Gasteiger charge is -2.29. The second kappa shape index (κ2) is 5.14. The van der Waals surface area contributed by atoms with Gasteiger partial charge >= 0.3 is 0 Å². The van der Waals surface area contributed by atoms with Crippen LogP contribution in [0.4, 0.5) is 5.69 Å². The number of hydrogen-bond donors (Lipinski definition) is 1. The number of amides is 3. The Labute approximate surface area is 147 Å². The van der Waals surface area contributed by atoms with Crippen LogP contribution in [0.5, 0.6) is 0 Å². The number of benzene rings is 1. The maximum absolute atomic E-state index is 13.3. The Bertz CT molecular complexity index is 790. The van der Waals surface area contributed by atoms with E-state index in [0.717, 1.165) is 17.7 Å². The van der Waals surface area contributed by atoms with E-state index in [1.165, 1.54) is 11.9 Å². The second-order valence-corrected chi connectivity index (χ2v) is 7.81. The highest BCUT2D eigenvalue weighted by molar-refractivity contribution is 6.15. The number of likely N-dealkylation sites (tertiary alicyclic amines) is 1. The molecule has 3 aliphatic rings. The monoisotopic (exact) mass is 341 g/mol. The molecule has 0 radical (unpaired) electrons. The number of imide groups is 1. The Morgan fingerprint density at radius 3 is 2.44 bits per heavy atom. The van der Waals surface area contributed by atoms with Crippen LogP contribution in [0, 0.1) is 17.8 Å². The molecule has 6 heteroatoms. The first kappa shape index (κ1) is 16.3. The van der Waals surface area contributed by atoms with Crippen LogP contribution in [0.1, 0.15) is 25.8 Å². The molecule has 1 spiro atoms. The first-order chi connectivity index (χ1) is 11.8. The SMILES string of the molecule is CC(C)C[C@H]1N[C@]2(C(=O)N(C)c3ccccc32)[C@@H]2C(=O)N(C)C(=O)[C@@H]21. The Balaban J connectivity index is 1.92. The summed E-state index contributed by atoms with van der Waals surface area (Å²) in [6.07, 6.45) is 0.745. The number of rotatable bonds is 2. The fraction of sp³-hybridized carbons (Fsp3) is 0.526. The van der Waals surface area contributed by atoms with E-state index in [4.69, 9.17) is 0 Å². The number of carbonyl (C=O) groups excluding carboxylic acids is 3. The Morgan fingerprint density at radius 1 is 1.08 bits per heavy atom. The highest BCUT2D eigenvalue weighted by Crippen LogP contribution is 2.54. The number of fused-ring (bicyclic) bond motifs is 4. The summed E-state index contributed by atoms with van der Waals surface area (Å²) in [5.41, 5.74) is 0.478. The summed E-state index contributed by atoms with van der Waals surface area (Å²) in [7, 11) is 3.26. The molecule has 0 unspecified atom stereocenters. The molecule has 2 saturated heterocycles. The van der Waals surface area contributed by atoms with Gasteiger partial charge in [0.1, 0.15) is 5.54 Å². The molecule has 0 aliphatic carbocycles. The molecule has 6 nitrogen and oxygen atoms in total. The van der Waals surface area contributed by atoms with Gasteiger partial charge in [-0.1, -0.05) is 32.0 Å².